The fourth-order valence-corrected chi connectivity index (χ4v) is 2.48. The average Bonchev–Trinajstić information content (AvgIpc) is 2.46. The van der Waals surface area contributed by atoms with Gasteiger partial charge in [-0.1, -0.05) is 26.0 Å². The lowest BCUT2D eigenvalue weighted by Gasteiger charge is -2.14. The minimum atomic E-state index is -0.430. The van der Waals surface area contributed by atoms with E-state index < -0.39 is 5.97 Å². The Morgan fingerprint density at radius 2 is 1.91 bits per heavy atom. The largest absolute Gasteiger partial charge is 0.465 e. The Morgan fingerprint density at radius 1 is 1.27 bits per heavy atom. The molecular formula is C18H20FNO2. The molecule has 2 rings (SSSR count). The number of pyridine rings is 1. The van der Waals surface area contributed by atoms with Crippen LogP contribution in [-0.2, 0) is 11.2 Å². The van der Waals surface area contributed by atoms with E-state index in [4.69, 9.17) is 4.74 Å². The van der Waals surface area contributed by atoms with Gasteiger partial charge in [0.15, 0.2) is 0 Å². The summed E-state index contributed by atoms with van der Waals surface area (Å²) in [6.45, 7) is 6.02. The van der Waals surface area contributed by atoms with Crippen LogP contribution >= 0.6 is 0 Å². The Bertz CT molecular complexity index is 678. The molecular weight excluding hydrogens is 281 g/mol. The van der Waals surface area contributed by atoms with E-state index in [0.717, 1.165) is 23.2 Å². The minimum absolute atomic E-state index is 0.309. The molecule has 0 fully saturated rings. The Balaban J connectivity index is 2.62. The number of hydrogen-bond donors (Lipinski definition) is 0. The lowest BCUT2D eigenvalue weighted by molar-refractivity contribution is 0.0600. The molecule has 0 saturated carbocycles. The molecule has 2 aromatic rings. The minimum Gasteiger partial charge on any atom is -0.465 e. The molecule has 0 aliphatic carbocycles. The summed E-state index contributed by atoms with van der Waals surface area (Å²) in [7, 11) is 1.35. The van der Waals surface area contributed by atoms with Crippen LogP contribution in [-0.4, -0.2) is 18.1 Å². The summed E-state index contributed by atoms with van der Waals surface area (Å²) in [5, 5.41) is 0. The number of nitrogens with zero attached hydrogens (tertiary/aromatic N) is 1. The van der Waals surface area contributed by atoms with E-state index in [-0.39, 0.29) is 5.82 Å². The van der Waals surface area contributed by atoms with Crippen molar-refractivity contribution in [3.8, 4) is 11.1 Å². The predicted molar refractivity (Wildman–Crippen MR) is 84.2 cm³/mol. The molecule has 116 valence electrons. The Kier molecular flexibility index (Phi) is 4.91. The van der Waals surface area contributed by atoms with E-state index in [2.05, 4.69) is 18.8 Å². The molecule has 1 aromatic heterocycles. The molecule has 0 aliphatic rings. The van der Waals surface area contributed by atoms with Gasteiger partial charge in [0, 0.05) is 5.69 Å². The smallest absolute Gasteiger partial charge is 0.340 e. The number of aryl methyl sites for hydroxylation is 1. The third-order valence-corrected chi connectivity index (χ3v) is 3.42. The summed E-state index contributed by atoms with van der Waals surface area (Å²) in [6.07, 6.45) is 0.816. The number of rotatable bonds is 4. The van der Waals surface area contributed by atoms with Crippen LogP contribution in [0.3, 0.4) is 0 Å². The first-order chi connectivity index (χ1) is 10.4. The number of halogens is 1. The maximum atomic E-state index is 13.2. The van der Waals surface area contributed by atoms with Crippen molar-refractivity contribution in [1.82, 2.24) is 4.98 Å². The number of hydrogen-bond acceptors (Lipinski definition) is 3. The Labute approximate surface area is 130 Å². The van der Waals surface area contributed by atoms with Crippen LogP contribution in [0.4, 0.5) is 4.39 Å². The van der Waals surface area contributed by atoms with Gasteiger partial charge in [-0.2, -0.15) is 0 Å². The van der Waals surface area contributed by atoms with Crippen LogP contribution < -0.4 is 0 Å². The predicted octanol–water partition coefficient (Wildman–Crippen LogP) is 4.18. The van der Waals surface area contributed by atoms with E-state index in [9.17, 15) is 9.18 Å². The monoisotopic (exact) mass is 301 g/mol. The topological polar surface area (TPSA) is 39.2 Å². The van der Waals surface area contributed by atoms with Crippen molar-refractivity contribution >= 4 is 5.97 Å². The summed E-state index contributed by atoms with van der Waals surface area (Å²) in [6, 6.07) is 7.99. The van der Waals surface area contributed by atoms with Gasteiger partial charge in [0.25, 0.3) is 0 Å². The van der Waals surface area contributed by atoms with Crippen LogP contribution in [0.15, 0.2) is 30.3 Å². The molecule has 4 heteroatoms. The Hall–Kier alpha value is -2.23. The highest BCUT2D eigenvalue weighted by molar-refractivity contribution is 5.98. The molecule has 3 nitrogen and oxygen atoms in total. The molecule has 1 aromatic carbocycles. The lowest BCUT2D eigenvalue weighted by Crippen LogP contribution is -2.10. The standard InChI is InChI=1S/C18H20FNO2/c1-11(2)9-15-10-16(13-5-7-14(19)8-6-13)17(12(3)20-15)18(21)22-4/h5-8,10-11H,9H2,1-4H3. The third-order valence-electron chi connectivity index (χ3n) is 3.42. The zero-order chi connectivity index (χ0) is 16.3. The normalized spacial score (nSPS) is 10.8. The van der Waals surface area contributed by atoms with E-state index in [1.807, 2.05) is 6.07 Å². The first-order valence-corrected chi connectivity index (χ1v) is 7.27. The Morgan fingerprint density at radius 3 is 2.45 bits per heavy atom. The number of esters is 1. The van der Waals surface area contributed by atoms with Crippen LogP contribution in [0.25, 0.3) is 11.1 Å². The molecule has 0 amide bonds. The van der Waals surface area contributed by atoms with E-state index in [1.165, 1.54) is 19.2 Å². The van der Waals surface area contributed by atoms with E-state index in [1.54, 1.807) is 19.1 Å². The van der Waals surface area contributed by atoms with Gasteiger partial charge in [-0.25, -0.2) is 9.18 Å². The highest BCUT2D eigenvalue weighted by Crippen LogP contribution is 2.28. The number of carbonyl (C=O) groups is 1. The van der Waals surface area contributed by atoms with Crippen molar-refractivity contribution in [3.63, 3.8) is 0 Å². The highest BCUT2D eigenvalue weighted by atomic mass is 19.1. The molecule has 0 atom stereocenters. The van der Waals surface area contributed by atoms with Gasteiger partial charge >= 0.3 is 5.97 Å². The number of aromatic nitrogens is 1. The van der Waals surface area contributed by atoms with Crippen LogP contribution in [0.2, 0.25) is 0 Å². The molecule has 0 spiro atoms. The van der Waals surface area contributed by atoms with Crippen molar-refractivity contribution in [2.45, 2.75) is 27.2 Å². The van der Waals surface area contributed by atoms with Gasteiger partial charge in [-0.3, -0.25) is 4.98 Å². The van der Waals surface area contributed by atoms with Crippen molar-refractivity contribution in [2.75, 3.05) is 7.11 Å². The van der Waals surface area contributed by atoms with Crippen molar-refractivity contribution in [3.05, 3.63) is 53.1 Å². The zero-order valence-corrected chi connectivity index (χ0v) is 13.3. The van der Waals surface area contributed by atoms with E-state index >= 15 is 0 Å². The third kappa shape index (κ3) is 3.50. The molecule has 0 bridgehead atoms. The maximum absolute atomic E-state index is 13.2. The zero-order valence-electron chi connectivity index (χ0n) is 13.3. The number of benzene rings is 1. The maximum Gasteiger partial charge on any atom is 0.340 e. The van der Waals surface area contributed by atoms with Crippen LogP contribution in [0.5, 0.6) is 0 Å². The van der Waals surface area contributed by atoms with Gasteiger partial charge in [0.05, 0.1) is 18.4 Å². The van der Waals surface area contributed by atoms with Gasteiger partial charge in [-0.05, 0) is 48.6 Å². The SMILES string of the molecule is COC(=O)c1c(-c2ccc(F)cc2)cc(CC(C)C)nc1C. The summed E-state index contributed by atoms with van der Waals surface area (Å²) >= 11 is 0. The van der Waals surface area contributed by atoms with Crippen LogP contribution in [0, 0.1) is 18.7 Å². The fraction of sp³-hybridized carbons (Fsp3) is 0.333. The van der Waals surface area contributed by atoms with Gasteiger partial charge in [0.2, 0.25) is 0 Å². The molecule has 0 aliphatic heterocycles. The van der Waals surface area contributed by atoms with Gasteiger partial charge in [-0.15, -0.1) is 0 Å². The lowest BCUT2D eigenvalue weighted by atomic mass is 9.96. The number of methoxy groups -OCH3 is 1. The summed E-state index contributed by atoms with van der Waals surface area (Å²) in [5.41, 5.74) is 3.48. The van der Waals surface area contributed by atoms with Gasteiger partial charge in [0.1, 0.15) is 5.82 Å². The molecule has 0 N–H and O–H groups in total. The summed E-state index contributed by atoms with van der Waals surface area (Å²) in [4.78, 5) is 16.6. The summed E-state index contributed by atoms with van der Waals surface area (Å²) < 4.78 is 18.0. The quantitative estimate of drug-likeness (QED) is 0.795. The van der Waals surface area contributed by atoms with Gasteiger partial charge < -0.3 is 4.74 Å². The fourth-order valence-electron chi connectivity index (χ4n) is 2.48. The van der Waals surface area contributed by atoms with Crippen molar-refractivity contribution < 1.29 is 13.9 Å². The second-order valence-corrected chi connectivity index (χ2v) is 5.72. The molecule has 22 heavy (non-hydrogen) atoms. The number of ether oxygens (including phenoxy) is 1. The second kappa shape index (κ2) is 6.69. The van der Waals surface area contributed by atoms with Crippen molar-refractivity contribution in [1.29, 1.82) is 0 Å². The first-order valence-electron chi connectivity index (χ1n) is 7.27. The van der Waals surface area contributed by atoms with Crippen molar-refractivity contribution in [2.24, 2.45) is 5.92 Å². The average molecular weight is 301 g/mol. The summed E-state index contributed by atoms with van der Waals surface area (Å²) in [5.74, 6) is -0.283. The molecule has 0 radical (unpaired) electrons. The first kappa shape index (κ1) is 16.1. The highest BCUT2D eigenvalue weighted by Gasteiger charge is 2.19. The molecule has 0 unspecified atom stereocenters. The number of carbonyl (C=O) groups excluding carboxylic acids is 1. The molecule has 1 heterocycles. The van der Waals surface area contributed by atoms with E-state index in [0.29, 0.717) is 17.2 Å². The second-order valence-electron chi connectivity index (χ2n) is 5.72. The van der Waals surface area contributed by atoms with Crippen LogP contribution in [0.1, 0.15) is 35.6 Å². The molecule has 0 saturated heterocycles.